The van der Waals surface area contributed by atoms with Crippen LogP contribution < -0.4 is 4.74 Å². The summed E-state index contributed by atoms with van der Waals surface area (Å²) < 4.78 is 18.6. The molecule has 5 heteroatoms. The first-order chi connectivity index (χ1) is 8.69. The van der Waals surface area contributed by atoms with Gasteiger partial charge in [0.25, 0.3) is 0 Å². The van der Waals surface area contributed by atoms with Crippen LogP contribution in [0.4, 0.5) is 4.39 Å². The predicted octanol–water partition coefficient (Wildman–Crippen LogP) is 3.10. The number of benzene rings is 1. The smallest absolute Gasteiger partial charge is 0.128 e. The molecule has 1 aromatic carbocycles. The fourth-order valence-corrected chi connectivity index (χ4v) is 1.45. The Bertz CT molecular complexity index is 467. The highest BCUT2D eigenvalue weighted by Gasteiger charge is 2.09. The van der Waals surface area contributed by atoms with Crippen molar-refractivity contribution in [2.75, 3.05) is 6.61 Å². The largest absolute Gasteiger partial charge is 0.493 e. The molecule has 0 atom stereocenters. The monoisotopic (exact) mass is 250 g/mol. The van der Waals surface area contributed by atoms with Gasteiger partial charge in [0.15, 0.2) is 0 Å². The highest BCUT2D eigenvalue weighted by molar-refractivity contribution is 6.00. The lowest BCUT2D eigenvalue weighted by atomic mass is 10.1. The van der Waals surface area contributed by atoms with Crippen LogP contribution in [0.2, 0.25) is 0 Å². The number of oxime groups is 1. The molecule has 18 heavy (non-hydrogen) atoms. The summed E-state index contributed by atoms with van der Waals surface area (Å²) in [5, 5.41) is 20.2. The van der Waals surface area contributed by atoms with Crippen LogP contribution >= 0.6 is 0 Å². The molecule has 0 fully saturated rings. The lowest BCUT2D eigenvalue weighted by Gasteiger charge is -2.10. The summed E-state index contributed by atoms with van der Waals surface area (Å²) in [6.45, 7) is 2.01. The van der Waals surface area contributed by atoms with Gasteiger partial charge in [0, 0.05) is 12.0 Å². The van der Waals surface area contributed by atoms with Crippen molar-refractivity contribution in [3.63, 3.8) is 0 Å². The normalized spacial score (nSPS) is 11.1. The minimum absolute atomic E-state index is 0.293. The van der Waals surface area contributed by atoms with E-state index < -0.39 is 5.82 Å². The van der Waals surface area contributed by atoms with Crippen molar-refractivity contribution < 1.29 is 14.3 Å². The van der Waals surface area contributed by atoms with Crippen molar-refractivity contribution in [2.24, 2.45) is 5.16 Å². The first-order valence-corrected chi connectivity index (χ1v) is 5.67. The molecule has 1 aromatic rings. The van der Waals surface area contributed by atoms with E-state index in [2.05, 4.69) is 11.2 Å². The molecule has 1 rings (SSSR count). The maximum atomic E-state index is 13.1. The molecule has 0 aliphatic rings. The van der Waals surface area contributed by atoms with E-state index >= 15 is 0 Å². The summed E-state index contributed by atoms with van der Waals surface area (Å²) in [6.07, 6.45) is 2.01. The predicted molar refractivity (Wildman–Crippen MR) is 65.4 cm³/mol. The van der Waals surface area contributed by atoms with E-state index in [0.717, 1.165) is 12.8 Å². The second-order valence-electron chi connectivity index (χ2n) is 3.79. The highest BCUT2D eigenvalue weighted by Crippen LogP contribution is 2.21. The van der Waals surface area contributed by atoms with Gasteiger partial charge in [0.05, 0.1) is 18.4 Å². The van der Waals surface area contributed by atoms with Crippen LogP contribution in [0.1, 0.15) is 31.7 Å². The average Bonchev–Trinajstić information content (AvgIpc) is 2.39. The number of nitrogens with zero attached hydrogens (tertiary/aromatic N) is 2. The van der Waals surface area contributed by atoms with Crippen LogP contribution in [0.5, 0.6) is 5.75 Å². The van der Waals surface area contributed by atoms with E-state index in [4.69, 9.17) is 15.2 Å². The van der Waals surface area contributed by atoms with Gasteiger partial charge in [-0.3, -0.25) is 0 Å². The van der Waals surface area contributed by atoms with Gasteiger partial charge in [-0.15, -0.1) is 0 Å². The number of rotatable bonds is 6. The van der Waals surface area contributed by atoms with Gasteiger partial charge < -0.3 is 9.94 Å². The van der Waals surface area contributed by atoms with Crippen molar-refractivity contribution in [1.29, 1.82) is 5.26 Å². The lowest BCUT2D eigenvalue weighted by molar-refractivity contribution is 0.304. The number of hydrogen-bond acceptors (Lipinski definition) is 4. The van der Waals surface area contributed by atoms with Gasteiger partial charge in [-0.2, -0.15) is 5.26 Å². The molecular formula is C13H15FN2O2. The van der Waals surface area contributed by atoms with Crippen molar-refractivity contribution in [3.05, 3.63) is 29.6 Å². The topological polar surface area (TPSA) is 65.6 Å². The first kappa shape index (κ1) is 14.0. The molecule has 0 heterocycles. The number of unbranched alkanes of at least 4 members (excludes halogenated alkanes) is 2. The molecule has 0 bridgehead atoms. The zero-order valence-electron chi connectivity index (χ0n) is 10.2. The van der Waals surface area contributed by atoms with Crippen molar-refractivity contribution >= 4 is 5.71 Å². The van der Waals surface area contributed by atoms with E-state index in [0.29, 0.717) is 30.1 Å². The molecule has 0 radical (unpaired) electrons. The maximum absolute atomic E-state index is 13.1. The molecule has 0 unspecified atom stereocenters. The molecule has 96 valence electrons. The number of halogens is 1. The number of ether oxygens (including phenoxy) is 1. The first-order valence-electron chi connectivity index (χ1n) is 5.67. The van der Waals surface area contributed by atoms with Gasteiger partial charge >= 0.3 is 0 Å². The molecule has 0 aliphatic heterocycles. The second-order valence-corrected chi connectivity index (χ2v) is 3.79. The molecule has 0 saturated carbocycles. The van der Waals surface area contributed by atoms with Crippen LogP contribution in [-0.4, -0.2) is 17.5 Å². The Morgan fingerprint density at radius 3 is 2.94 bits per heavy atom. The Morgan fingerprint density at radius 1 is 1.50 bits per heavy atom. The van der Waals surface area contributed by atoms with Crippen LogP contribution in [-0.2, 0) is 0 Å². The van der Waals surface area contributed by atoms with E-state index in [9.17, 15) is 4.39 Å². The number of hydrogen-bond donors (Lipinski definition) is 1. The fourth-order valence-electron chi connectivity index (χ4n) is 1.45. The molecule has 0 saturated heterocycles. The third-order valence-electron chi connectivity index (χ3n) is 2.42. The van der Waals surface area contributed by atoms with Gasteiger partial charge in [-0.1, -0.05) is 5.16 Å². The van der Waals surface area contributed by atoms with Crippen LogP contribution in [0.25, 0.3) is 0 Å². The summed E-state index contributed by atoms with van der Waals surface area (Å²) in [5.74, 6) is 0.0634. The Kier molecular flexibility index (Phi) is 5.65. The van der Waals surface area contributed by atoms with E-state index in [1.165, 1.54) is 18.2 Å². The maximum Gasteiger partial charge on any atom is 0.128 e. The van der Waals surface area contributed by atoms with Gasteiger partial charge in [-0.25, -0.2) is 4.39 Å². The van der Waals surface area contributed by atoms with Crippen molar-refractivity contribution in [3.8, 4) is 11.8 Å². The standard InChI is InChI=1S/C13H15FN2O2/c1-10(16-17)12-9-11(14)5-6-13(12)18-8-4-2-3-7-15/h5-6,9,17H,2-4,8H2,1H3. The van der Waals surface area contributed by atoms with Gasteiger partial charge in [-0.05, 0) is 38.0 Å². The quantitative estimate of drug-likeness (QED) is 0.365. The summed E-state index contributed by atoms with van der Waals surface area (Å²) >= 11 is 0. The Balaban J connectivity index is 2.68. The van der Waals surface area contributed by atoms with Gasteiger partial charge in [0.2, 0.25) is 0 Å². The van der Waals surface area contributed by atoms with E-state index in [1.807, 2.05) is 0 Å². The fraction of sp³-hybridized carbons (Fsp3) is 0.385. The average molecular weight is 250 g/mol. The molecule has 4 nitrogen and oxygen atoms in total. The zero-order valence-corrected chi connectivity index (χ0v) is 10.2. The second kappa shape index (κ2) is 7.28. The number of nitriles is 1. The van der Waals surface area contributed by atoms with Crippen LogP contribution in [0.3, 0.4) is 0 Å². The van der Waals surface area contributed by atoms with E-state index in [1.54, 1.807) is 6.92 Å². The molecule has 0 aromatic heterocycles. The minimum atomic E-state index is -0.412. The summed E-state index contributed by atoms with van der Waals surface area (Å²) in [4.78, 5) is 0. The Morgan fingerprint density at radius 2 is 2.28 bits per heavy atom. The zero-order chi connectivity index (χ0) is 13.4. The third kappa shape index (κ3) is 4.06. The summed E-state index contributed by atoms with van der Waals surface area (Å²) in [6, 6.07) is 6.11. The minimum Gasteiger partial charge on any atom is -0.493 e. The highest BCUT2D eigenvalue weighted by atomic mass is 19.1. The molecule has 0 amide bonds. The van der Waals surface area contributed by atoms with Crippen LogP contribution in [0.15, 0.2) is 23.4 Å². The Hall–Kier alpha value is -2.09. The van der Waals surface area contributed by atoms with Crippen molar-refractivity contribution in [1.82, 2.24) is 0 Å². The van der Waals surface area contributed by atoms with E-state index in [-0.39, 0.29) is 0 Å². The van der Waals surface area contributed by atoms with Crippen LogP contribution in [0, 0.1) is 17.1 Å². The molecular weight excluding hydrogens is 235 g/mol. The summed E-state index contributed by atoms with van der Waals surface area (Å²) in [7, 11) is 0. The summed E-state index contributed by atoms with van der Waals surface area (Å²) in [5.41, 5.74) is 0.722. The lowest BCUT2D eigenvalue weighted by Crippen LogP contribution is -2.04. The van der Waals surface area contributed by atoms with Crippen molar-refractivity contribution in [2.45, 2.75) is 26.2 Å². The van der Waals surface area contributed by atoms with Gasteiger partial charge in [0.1, 0.15) is 11.6 Å². The SMILES string of the molecule is CC(=NO)c1cc(F)ccc1OCCCCC#N. The molecule has 0 spiro atoms. The molecule has 1 N–H and O–H groups in total. The third-order valence-corrected chi connectivity index (χ3v) is 2.42. The Labute approximate surface area is 105 Å². The molecule has 0 aliphatic carbocycles.